The molecule has 21 heavy (non-hydrogen) atoms. The molecule has 0 spiro atoms. The maximum Gasteiger partial charge on any atom is 0.326 e. The molecular formula is C16H22N2O3. The van der Waals surface area contributed by atoms with Crippen LogP contribution in [-0.4, -0.2) is 29.6 Å². The van der Waals surface area contributed by atoms with Crippen molar-refractivity contribution in [1.29, 1.82) is 0 Å². The largest absolute Gasteiger partial charge is 0.480 e. The lowest BCUT2D eigenvalue weighted by molar-refractivity contribution is -0.140. The summed E-state index contributed by atoms with van der Waals surface area (Å²) in [6.45, 7) is 4.70. The van der Waals surface area contributed by atoms with E-state index in [2.05, 4.69) is 10.6 Å². The number of anilines is 1. The van der Waals surface area contributed by atoms with Gasteiger partial charge in [0, 0.05) is 17.8 Å². The molecule has 0 saturated carbocycles. The highest BCUT2D eigenvalue weighted by molar-refractivity contribution is 5.97. The van der Waals surface area contributed by atoms with E-state index in [1.54, 1.807) is 6.07 Å². The molecule has 114 valence electrons. The van der Waals surface area contributed by atoms with E-state index in [9.17, 15) is 14.7 Å². The summed E-state index contributed by atoms with van der Waals surface area (Å²) >= 11 is 0. The Labute approximate surface area is 124 Å². The molecule has 1 aromatic rings. The first-order valence-corrected chi connectivity index (χ1v) is 7.43. The summed E-state index contributed by atoms with van der Waals surface area (Å²) in [5, 5.41) is 15.2. The Kier molecular flexibility index (Phi) is 4.83. The van der Waals surface area contributed by atoms with E-state index in [0.29, 0.717) is 12.0 Å². The number of fused-ring (bicyclic) bond motifs is 1. The zero-order valence-electron chi connectivity index (χ0n) is 12.5. The summed E-state index contributed by atoms with van der Waals surface area (Å²) in [6, 6.07) is 4.63. The molecular weight excluding hydrogens is 268 g/mol. The Bertz CT molecular complexity index is 542. The van der Waals surface area contributed by atoms with Crippen LogP contribution in [-0.2, 0) is 11.2 Å². The van der Waals surface area contributed by atoms with Crippen molar-refractivity contribution >= 4 is 17.6 Å². The van der Waals surface area contributed by atoms with E-state index in [0.717, 1.165) is 30.6 Å². The average Bonchev–Trinajstić information content (AvgIpc) is 2.50. The number of nitrogens with one attached hydrogen (secondary N) is 2. The molecule has 5 nitrogen and oxygen atoms in total. The third-order valence-corrected chi connectivity index (χ3v) is 4.07. The molecule has 1 aliphatic rings. The number of aryl methyl sites for hydroxylation is 1. The van der Waals surface area contributed by atoms with Crippen LogP contribution in [0.3, 0.4) is 0 Å². The normalized spacial score (nSPS) is 16.3. The van der Waals surface area contributed by atoms with Crippen molar-refractivity contribution in [2.75, 3.05) is 11.9 Å². The lowest BCUT2D eigenvalue weighted by Crippen LogP contribution is -2.45. The molecule has 1 heterocycles. The van der Waals surface area contributed by atoms with Crippen LogP contribution in [0.4, 0.5) is 5.69 Å². The molecule has 1 aliphatic heterocycles. The zero-order valence-corrected chi connectivity index (χ0v) is 12.5. The molecule has 2 rings (SSSR count). The van der Waals surface area contributed by atoms with Crippen LogP contribution in [0.15, 0.2) is 18.2 Å². The minimum atomic E-state index is -0.989. The van der Waals surface area contributed by atoms with Crippen molar-refractivity contribution in [3.63, 3.8) is 0 Å². The quantitative estimate of drug-likeness (QED) is 0.777. The topological polar surface area (TPSA) is 78.4 Å². The molecule has 0 fully saturated rings. The minimum absolute atomic E-state index is 0.106. The van der Waals surface area contributed by atoms with Crippen LogP contribution in [0.2, 0.25) is 0 Å². The first-order chi connectivity index (χ1) is 10.0. The van der Waals surface area contributed by atoms with Crippen molar-refractivity contribution in [3.05, 3.63) is 29.3 Å². The van der Waals surface area contributed by atoms with Crippen molar-refractivity contribution in [2.45, 2.75) is 39.2 Å². The lowest BCUT2D eigenvalue weighted by Gasteiger charge is -2.21. The maximum atomic E-state index is 12.3. The van der Waals surface area contributed by atoms with Crippen molar-refractivity contribution in [3.8, 4) is 0 Å². The van der Waals surface area contributed by atoms with Gasteiger partial charge >= 0.3 is 5.97 Å². The molecule has 0 aliphatic carbocycles. The lowest BCUT2D eigenvalue weighted by atomic mass is 9.97. The van der Waals surface area contributed by atoms with Crippen LogP contribution in [0.5, 0.6) is 0 Å². The highest BCUT2D eigenvalue weighted by Crippen LogP contribution is 2.23. The third kappa shape index (κ3) is 3.54. The Balaban J connectivity index is 2.14. The van der Waals surface area contributed by atoms with Crippen LogP contribution in [0.1, 0.15) is 42.6 Å². The first-order valence-electron chi connectivity index (χ1n) is 7.43. The number of carbonyl (C=O) groups excluding carboxylic acids is 1. The van der Waals surface area contributed by atoms with Crippen LogP contribution >= 0.6 is 0 Å². The van der Waals surface area contributed by atoms with Gasteiger partial charge < -0.3 is 15.7 Å². The number of hydrogen-bond acceptors (Lipinski definition) is 3. The fourth-order valence-corrected chi connectivity index (χ4v) is 2.52. The van der Waals surface area contributed by atoms with Gasteiger partial charge in [-0.05, 0) is 42.5 Å². The van der Waals surface area contributed by atoms with Crippen molar-refractivity contribution in [1.82, 2.24) is 5.32 Å². The van der Waals surface area contributed by atoms with Crippen LogP contribution in [0.25, 0.3) is 0 Å². The number of carboxylic acids is 1. The number of rotatable bonds is 5. The second kappa shape index (κ2) is 6.61. The van der Waals surface area contributed by atoms with Gasteiger partial charge in [0.2, 0.25) is 0 Å². The standard InChI is InChI=1S/C16H22N2O3/c1-3-10(2)14(16(20)21)18-15(19)12-6-7-13-11(9-12)5-4-8-17-13/h6-7,9-10,14,17H,3-5,8H2,1-2H3,(H,18,19)(H,20,21)/t10-,14-/m0/s1. The van der Waals surface area contributed by atoms with E-state index in [-0.39, 0.29) is 11.8 Å². The van der Waals surface area contributed by atoms with Gasteiger partial charge in [0.15, 0.2) is 0 Å². The fraction of sp³-hybridized carbons (Fsp3) is 0.500. The second-order valence-corrected chi connectivity index (χ2v) is 5.58. The SMILES string of the molecule is CC[C@H](C)[C@H](NC(=O)c1ccc2c(c1)CCCN2)C(=O)O. The van der Waals surface area contributed by atoms with Gasteiger partial charge in [-0.3, -0.25) is 4.79 Å². The van der Waals surface area contributed by atoms with Gasteiger partial charge in [-0.2, -0.15) is 0 Å². The Morgan fingerprint density at radius 1 is 1.43 bits per heavy atom. The highest BCUT2D eigenvalue weighted by atomic mass is 16.4. The predicted octanol–water partition coefficient (Wildman–Crippen LogP) is 2.27. The summed E-state index contributed by atoms with van der Waals surface area (Å²) in [4.78, 5) is 23.5. The number of aliphatic carboxylic acids is 1. The molecule has 5 heteroatoms. The summed E-state index contributed by atoms with van der Waals surface area (Å²) in [5.74, 6) is -1.42. The van der Waals surface area contributed by atoms with Gasteiger partial charge in [0.1, 0.15) is 6.04 Å². The molecule has 0 aromatic heterocycles. The van der Waals surface area contributed by atoms with E-state index in [4.69, 9.17) is 0 Å². The van der Waals surface area contributed by atoms with Crippen LogP contribution in [0, 0.1) is 5.92 Å². The Hall–Kier alpha value is -2.04. The second-order valence-electron chi connectivity index (χ2n) is 5.58. The summed E-state index contributed by atoms with van der Waals surface area (Å²) in [6.07, 6.45) is 2.69. The zero-order chi connectivity index (χ0) is 15.4. The molecule has 2 atom stereocenters. The monoisotopic (exact) mass is 290 g/mol. The molecule has 0 saturated heterocycles. The minimum Gasteiger partial charge on any atom is -0.480 e. The molecule has 3 N–H and O–H groups in total. The average molecular weight is 290 g/mol. The number of benzene rings is 1. The third-order valence-electron chi connectivity index (χ3n) is 4.07. The number of amides is 1. The number of hydrogen-bond donors (Lipinski definition) is 3. The van der Waals surface area contributed by atoms with Crippen molar-refractivity contribution < 1.29 is 14.7 Å². The van der Waals surface area contributed by atoms with E-state index in [1.807, 2.05) is 26.0 Å². The molecule has 1 aromatic carbocycles. The van der Waals surface area contributed by atoms with Crippen LogP contribution < -0.4 is 10.6 Å². The summed E-state index contributed by atoms with van der Waals surface area (Å²) in [5.41, 5.74) is 2.70. The van der Waals surface area contributed by atoms with E-state index in [1.165, 1.54) is 0 Å². The molecule has 1 amide bonds. The Morgan fingerprint density at radius 2 is 2.19 bits per heavy atom. The summed E-state index contributed by atoms with van der Waals surface area (Å²) < 4.78 is 0. The molecule has 0 unspecified atom stereocenters. The molecule has 0 radical (unpaired) electrons. The van der Waals surface area contributed by atoms with Gasteiger partial charge in [-0.1, -0.05) is 20.3 Å². The van der Waals surface area contributed by atoms with E-state index >= 15 is 0 Å². The van der Waals surface area contributed by atoms with E-state index < -0.39 is 12.0 Å². The first kappa shape index (κ1) is 15.4. The fourth-order valence-electron chi connectivity index (χ4n) is 2.52. The molecule has 0 bridgehead atoms. The number of carboxylic acid groups (broad SMARTS) is 1. The van der Waals surface area contributed by atoms with Gasteiger partial charge in [-0.25, -0.2) is 4.79 Å². The maximum absolute atomic E-state index is 12.3. The summed E-state index contributed by atoms with van der Waals surface area (Å²) in [7, 11) is 0. The highest BCUT2D eigenvalue weighted by Gasteiger charge is 2.26. The smallest absolute Gasteiger partial charge is 0.326 e. The van der Waals surface area contributed by atoms with Gasteiger partial charge in [0.05, 0.1) is 0 Å². The number of carbonyl (C=O) groups is 2. The van der Waals surface area contributed by atoms with Gasteiger partial charge in [-0.15, -0.1) is 0 Å². The van der Waals surface area contributed by atoms with Crippen molar-refractivity contribution in [2.24, 2.45) is 5.92 Å². The Morgan fingerprint density at radius 3 is 2.86 bits per heavy atom. The predicted molar refractivity (Wildman–Crippen MR) is 81.6 cm³/mol. The van der Waals surface area contributed by atoms with Gasteiger partial charge in [0.25, 0.3) is 5.91 Å².